The Kier molecular flexibility index (Phi) is 5.71. The number of rotatable bonds is 5. The number of primary sulfonamides is 1. The number of nitro groups is 1. The van der Waals surface area contributed by atoms with Crippen molar-refractivity contribution in [3.8, 4) is 5.75 Å². The number of fused-ring (bicyclic) bond motifs is 1. The Morgan fingerprint density at radius 1 is 1.33 bits per heavy atom. The number of nitrogens with one attached hydrogen (secondary N) is 1. The van der Waals surface area contributed by atoms with Gasteiger partial charge in [0.1, 0.15) is 0 Å². The van der Waals surface area contributed by atoms with Crippen molar-refractivity contribution in [1.29, 1.82) is 0 Å². The fourth-order valence-electron chi connectivity index (χ4n) is 3.12. The molecule has 0 saturated heterocycles. The number of hydrogen-bond acceptors (Lipinski definition) is 7. The Morgan fingerprint density at radius 2 is 2.03 bits per heavy atom. The van der Waals surface area contributed by atoms with Crippen molar-refractivity contribution in [3.63, 3.8) is 0 Å². The zero-order chi connectivity index (χ0) is 22.1. The van der Waals surface area contributed by atoms with Gasteiger partial charge in [-0.25, -0.2) is 13.6 Å². The fourth-order valence-corrected chi connectivity index (χ4v) is 3.65. The molecule has 2 aromatic carbocycles. The lowest BCUT2D eigenvalue weighted by atomic mass is 10.1. The second kappa shape index (κ2) is 8.08. The zero-order valence-corrected chi connectivity index (χ0v) is 16.6. The molecule has 1 unspecified atom stereocenters. The molecule has 1 atom stereocenters. The molecule has 3 rings (SSSR count). The average molecular weight is 434 g/mol. The molecule has 12 heteroatoms. The molecule has 3 N–H and O–H groups in total. The number of ether oxygens (including phenoxy) is 1. The van der Waals surface area contributed by atoms with Gasteiger partial charge in [0.15, 0.2) is 12.4 Å². The lowest BCUT2D eigenvalue weighted by Crippen LogP contribution is -2.41. The number of hydrogen-bond donors (Lipinski definition) is 2. The number of nitro benzene ring substituents is 1. The Morgan fingerprint density at radius 3 is 2.70 bits per heavy atom. The standard InChI is InChI=1S/C18H18N4O7S/c1-11-8-17(23)20-13-4-2-3-5-14(13)21(11)18(24)10-29-16-7-6-12(30(19,27)28)9-15(16)22(25)26/h2-7,9,11H,8,10H2,1H3,(H,20,23)(H2,19,27,28). The monoisotopic (exact) mass is 434 g/mol. The van der Waals surface area contributed by atoms with Crippen LogP contribution in [0.15, 0.2) is 47.4 Å². The maximum atomic E-state index is 12.9. The first-order chi connectivity index (χ1) is 14.1. The number of carbonyl (C=O) groups excluding carboxylic acids is 2. The van der Waals surface area contributed by atoms with Crippen molar-refractivity contribution in [1.82, 2.24) is 0 Å². The van der Waals surface area contributed by atoms with Gasteiger partial charge in [-0.3, -0.25) is 19.7 Å². The summed E-state index contributed by atoms with van der Waals surface area (Å²) in [5.41, 5.74) is 0.294. The van der Waals surface area contributed by atoms with Gasteiger partial charge in [0, 0.05) is 18.5 Å². The summed E-state index contributed by atoms with van der Waals surface area (Å²) in [4.78, 5) is 36.3. The maximum absolute atomic E-state index is 12.9. The highest BCUT2D eigenvalue weighted by Gasteiger charge is 2.30. The summed E-state index contributed by atoms with van der Waals surface area (Å²) in [5, 5.41) is 19.0. The molecule has 30 heavy (non-hydrogen) atoms. The lowest BCUT2D eigenvalue weighted by molar-refractivity contribution is -0.386. The van der Waals surface area contributed by atoms with Crippen LogP contribution in [0.1, 0.15) is 13.3 Å². The molecule has 11 nitrogen and oxygen atoms in total. The summed E-state index contributed by atoms with van der Waals surface area (Å²) in [7, 11) is -4.15. The van der Waals surface area contributed by atoms with Crippen molar-refractivity contribution >= 4 is 38.9 Å². The molecule has 1 aliphatic heterocycles. The van der Waals surface area contributed by atoms with Crippen LogP contribution < -0.4 is 20.1 Å². The molecule has 0 aromatic heterocycles. The predicted octanol–water partition coefficient (Wildman–Crippen LogP) is 1.38. The highest BCUT2D eigenvalue weighted by molar-refractivity contribution is 7.89. The average Bonchev–Trinajstić information content (AvgIpc) is 2.79. The summed E-state index contributed by atoms with van der Waals surface area (Å²) in [6.07, 6.45) is 0.0592. The van der Waals surface area contributed by atoms with Gasteiger partial charge >= 0.3 is 5.69 Å². The van der Waals surface area contributed by atoms with Gasteiger partial charge in [0.05, 0.1) is 21.2 Å². The van der Waals surface area contributed by atoms with Crippen molar-refractivity contribution in [3.05, 3.63) is 52.6 Å². The molecule has 0 saturated carbocycles. The van der Waals surface area contributed by atoms with E-state index in [4.69, 9.17) is 9.88 Å². The summed E-state index contributed by atoms with van der Waals surface area (Å²) in [5.74, 6) is -1.07. The van der Waals surface area contributed by atoms with E-state index < -0.39 is 44.1 Å². The highest BCUT2D eigenvalue weighted by Crippen LogP contribution is 2.32. The third-order valence-electron chi connectivity index (χ3n) is 4.43. The van der Waals surface area contributed by atoms with E-state index >= 15 is 0 Å². The van der Waals surface area contributed by atoms with Gasteiger partial charge in [-0.1, -0.05) is 12.1 Å². The normalized spacial score (nSPS) is 16.3. The molecule has 158 valence electrons. The molecule has 1 aliphatic rings. The van der Waals surface area contributed by atoms with Gasteiger partial charge in [-0.05, 0) is 31.2 Å². The molecule has 0 spiro atoms. The van der Waals surface area contributed by atoms with Crippen molar-refractivity contribution < 1.29 is 27.7 Å². The number of nitrogens with zero attached hydrogens (tertiary/aromatic N) is 2. The van der Waals surface area contributed by atoms with Crippen LogP contribution in [0, 0.1) is 10.1 Å². The number of nitrogens with two attached hydrogens (primary N) is 1. The first-order valence-electron chi connectivity index (χ1n) is 8.73. The van der Waals surface area contributed by atoms with E-state index in [1.54, 1.807) is 31.2 Å². The number of para-hydroxylation sites is 2. The Bertz CT molecular complexity index is 1130. The van der Waals surface area contributed by atoms with E-state index in [2.05, 4.69) is 5.32 Å². The van der Waals surface area contributed by atoms with Crippen LogP contribution in [0.25, 0.3) is 0 Å². The van der Waals surface area contributed by atoms with E-state index in [0.29, 0.717) is 11.4 Å². The third-order valence-corrected chi connectivity index (χ3v) is 5.35. The van der Waals surface area contributed by atoms with Gasteiger partial charge in [-0.15, -0.1) is 0 Å². The molecule has 1 heterocycles. The molecule has 0 radical (unpaired) electrons. The summed E-state index contributed by atoms with van der Waals surface area (Å²) < 4.78 is 28.2. The van der Waals surface area contributed by atoms with Gasteiger partial charge in [-0.2, -0.15) is 0 Å². The smallest absolute Gasteiger partial charge is 0.312 e. The summed E-state index contributed by atoms with van der Waals surface area (Å²) in [6, 6.07) is 9.14. The Labute approximate surface area is 171 Å². The van der Waals surface area contributed by atoms with Crippen LogP contribution in [-0.2, 0) is 19.6 Å². The van der Waals surface area contributed by atoms with Crippen LogP contribution in [0.4, 0.5) is 17.1 Å². The van der Waals surface area contributed by atoms with Crippen molar-refractivity contribution in [2.75, 3.05) is 16.8 Å². The van der Waals surface area contributed by atoms with Gasteiger partial charge in [0.2, 0.25) is 15.9 Å². The molecule has 0 bridgehead atoms. The fraction of sp³-hybridized carbons (Fsp3) is 0.222. The van der Waals surface area contributed by atoms with Crippen LogP contribution in [0.5, 0.6) is 5.75 Å². The van der Waals surface area contributed by atoms with E-state index in [1.165, 1.54) is 4.90 Å². The van der Waals surface area contributed by atoms with E-state index in [9.17, 15) is 28.1 Å². The maximum Gasteiger partial charge on any atom is 0.312 e. The Hall–Kier alpha value is -3.51. The lowest BCUT2D eigenvalue weighted by Gasteiger charge is -2.27. The molecule has 0 fully saturated rings. The minimum atomic E-state index is -4.15. The number of anilines is 2. The van der Waals surface area contributed by atoms with Crippen LogP contribution in [-0.4, -0.2) is 37.8 Å². The molecule has 2 amide bonds. The first-order valence-corrected chi connectivity index (χ1v) is 10.3. The van der Waals surface area contributed by atoms with E-state index in [1.807, 2.05) is 0 Å². The van der Waals surface area contributed by atoms with Crippen molar-refractivity contribution in [2.45, 2.75) is 24.3 Å². The van der Waals surface area contributed by atoms with Crippen LogP contribution in [0.3, 0.4) is 0 Å². The molecule has 2 aromatic rings. The van der Waals surface area contributed by atoms with Gasteiger partial charge < -0.3 is 15.0 Å². The molecule has 0 aliphatic carbocycles. The largest absolute Gasteiger partial charge is 0.477 e. The summed E-state index contributed by atoms with van der Waals surface area (Å²) >= 11 is 0. The molecular weight excluding hydrogens is 416 g/mol. The summed E-state index contributed by atoms with van der Waals surface area (Å²) in [6.45, 7) is 1.13. The number of sulfonamides is 1. The second-order valence-corrected chi connectivity index (χ2v) is 8.16. The van der Waals surface area contributed by atoms with Gasteiger partial charge in [0.25, 0.3) is 5.91 Å². The highest BCUT2D eigenvalue weighted by atomic mass is 32.2. The first kappa shape index (κ1) is 21.2. The molecular formula is C18H18N4O7S. The minimum absolute atomic E-state index is 0.0592. The number of carbonyl (C=O) groups is 2. The minimum Gasteiger partial charge on any atom is -0.477 e. The Balaban J connectivity index is 1.87. The topological polar surface area (TPSA) is 162 Å². The second-order valence-electron chi connectivity index (χ2n) is 6.60. The number of benzene rings is 2. The van der Waals surface area contributed by atoms with Crippen LogP contribution in [0.2, 0.25) is 0 Å². The van der Waals surface area contributed by atoms with Crippen LogP contribution >= 0.6 is 0 Å². The quantitative estimate of drug-likeness (QED) is 0.530. The number of amides is 2. The zero-order valence-electron chi connectivity index (χ0n) is 15.8. The van der Waals surface area contributed by atoms with Crippen molar-refractivity contribution in [2.24, 2.45) is 5.14 Å². The third kappa shape index (κ3) is 4.39. The predicted molar refractivity (Wildman–Crippen MR) is 107 cm³/mol. The SMILES string of the molecule is CC1CC(=O)Nc2ccccc2N1C(=O)COc1ccc(S(N)(=O)=O)cc1[N+](=O)[O-]. The van der Waals surface area contributed by atoms with E-state index in [0.717, 1.165) is 18.2 Å². The van der Waals surface area contributed by atoms with E-state index in [-0.39, 0.29) is 18.1 Å².